The lowest BCUT2D eigenvalue weighted by atomic mass is 10.1. The molecule has 116 valence electrons. The highest BCUT2D eigenvalue weighted by Gasteiger charge is 2.54. The van der Waals surface area contributed by atoms with Gasteiger partial charge in [-0.05, 0) is 26.8 Å². The summed E-state index contributed by atoms with van der Waals surface area (Å²) in [5, 5.41) is 1.43. The van der Waals surface area contributed by atoms with Crippen LogP contribution >= 0.6 is 11.8 Å². The molecule has 2 saturated heterocycles. The number of ether oxygens (including phenoxy) is 2. The summed E-state index contributed by atoms with van der Waals surface area (Å²) < 4.78 is 14.4. The minimum Gasteiger partial charge on any atom is -0.343 e. The van der Waals surface area contributed by atoms with Gasteiger partial charge in [0.1, 0.15) is 29.6 Å². The first-order valence-corrected chi connectivity index (χ1v) is 8.36. The van der Waals surface area contributed by atoms with Gasteiger partial charge in [-0.3, -0.25) is 0 Å². The zero-order valence-corrected chi connectivity index (χ0v) is 13.7. The molecule has 2 aromatic heterocycles. The molecule has 4 rings (SSSR count). The Morgan fingerprint density at radius 2 is 2.09 bits per heavy atom. The Labute approximate surface area is 133 Å². The van der Waals surface area contributed by atoms with Crippen molar-refractivity contribution in [1.29, 1.82) is 0 Å². The summed E-state index contributed by atoms with van der Waals surface area (Å²) in [4.78, 5) is 8.73. The number of thioether (sulfide) groups is 1. The fourth-order valence-corrected chi connectivity index (χ4v) is 4.79. The van der Waals surface area contributed by atoms with E-state index in [1.165, 1.54) is 0 Å². The summed E-state index contributed by atoms with van der Waals surface area (Å²) in [5.41, 5.74) is 1.94. The topological polar surface area (TPSA) is 49.2 Å². The molecular weight excluding hydrogens is 298 g/mol. The molecule has 2 aliphatic heterocycles. The van der Waals surface area contributed by atoms with E-state index in [1.54, 1.807) is 6.33 Å². The van der Waals surface area contributed by atoms with Gasteiger partial charge in [0.05, 0.1) is 10.9 Å². The van der Waals surface area contributed by atoms with Crippen molar-refractivity contribution in [3.8, 4) is 0 Å². The smallest absolute Gasteiger partial charge is 0.163 e. The molecule has 0 amide bonds. The zero-order valence-electron chi connectivity index (χ0n) is 12.9. The van der Waals surface area contributed by atoms with Crippen LogP contribution in [-0.2, 0) is 9.47 Å². The maximum Gasteiger partial charge on any atom is 0.163 e. The fourth-order valence-electron chi connectivity index (χ4n) is 3.32. The van der Waals surface area contributed by atoms with Gasteiger partial charge >= 0.3 is 0 Å². The van der Waals surface area contributed by atoms with E-state index in [0.29, 0.717) is 0 Å². The van der Waals surface area contributed by atoms with E-state index < -0.39 is 5.79 Å². The van der Waals surface area contributed by atoms with Crippen molar-refractivity contribution in [2.24, 2.45) is 0 Å². The average molecular weight is 317 g/mol. The molecule has 0 saturated carbocycles. The van der Waals surface area contributed by atoms with Crippen LogP contribution in [0.5, 0.6) is 0 Å². The third-order valence-electron chi connectivity index (χ3n) is 4.28. The largest absolute Gasteiger partial charge is 0.343 e. The van der Waals surface area contributed by atoms with Crippen LogP contribution in [0.25, 0.3) is 11.0 Å². The number of rotatable bonds is 2. The van der Waals surface area contributed by atoms with Crippen LogP contribution in [-0.4, -0.2) is 37.8 Å². The second-order valence-electron chi connectivity index (χ2n) is 6.21. The monoisotopic (exact) mass is 317 g/mol. The summed E-state index contributed by atoms with van der Waals surface area (Å²) in [6.07, 6.45) is 5.67. The molecule has 0 N–H and O–H groups in total. The molecule has 0 bridgehead atoms. The van der Waals surface area contributed by atoms with E-state index >= 15 is 0 Å². The van der Waals surface area contributed by atoms with Gasteiger partial charge in [0.25, 0.3) is 0 Å². The van der Waals surface area contributed by atoms with Crippen molar-refractivity contribution in [3.05, 3.63) is 36.9 Å². The Balaban J connectivity index is 1.78. The summed E-state index contributed by atoms with van der Waals surface area (Å²) in [6, 6.07) is 2.07. The number of hydrogen-bond donors (Lipinski definition) is 0. The molecular formula is C16H19N3O2S. The van der Waals surface area contributed by atoms with Crippen molar-refractivity contribution in [2.45, 2.75) is 49.4 Å². The molecule has 22 heavy (non-hydrogen) atoms. The standard InChI is InChI=1S/C16H19N3O2S/c1-5-11-12-13(21-16(3,4)20-12)15(22-11)19-7-6-10-9(2)17-8-18-14(10)19/h5-8,11-13,15H,1H2,2-4H3/t11-,12-,13-,15-/m1/s1. The molecule has 2 fully saturated rings. The van der Waals surface area contributed by atoms with Crippen molar-refractivity contribution < 1.29 is 9.47 Å². The second-order valence-corrected chi connectivity index (χ2v) is 7.51. The molecule has 0 aliphatic carbocycles. The second kappa shape index (κ2) is 4.81. The Kier molecular flexibility index (Phi) is 3.11. The Morgan fingerprint density at radius 3 is 2.86 bits per heavy atom. The van der Waals surface area contributed by atoms with Crippen molar-refractivity contribution >= 4 is 22.8 Å². The minimum absolute atomic E-state index is 0.00567. The van der Waals surface area contributed by atoms with E-state index in [1.807, 2.05) is 38.6 Å². The lowest BCUT2D eigenvalue weighted by Gasteiger charge is -2.23. The third kappa shape index (κ3) is 2.01. The molecule has 2 aromatic rings. The fraction of sp³-hybridized carbons (Fsp3) is 0.500. The first kappa shape index (κ1) is 14.2. The summed E-state index contributed by atoms with van der Waals surface area (Å²) in [6.45, 7) is 9.89. The maximum atomic E-state index is 6.17. The van der Waals surface area contributed by atoms with E-state index in [2.05, 4.69) is 33.4 Å². The maximum absolute atomic E-state index is 6.17. The highest BCUT2D eigenvalue weighted by molar-refractivity contribution is 8.00. The number of aryl methyl sites for hydroxylation is 1. The first-order valence-electron chi connectivity index (χ1n) is 7.42. The summed E-state index contributed by atoms with van der Waals surface area (Å²) in [5.74, 6) is -0.552. The predicted molar refractivity (Wildman–Crippen MR) is 86.7 cm³/mol. The average Bonchev–Trinajstić information content (AvgIpc) is 3.10. The zero-order chi connectivity index (χ0) is 15.5. The predicted octanol–water partition coefficient (Wildman–Crippen LogP) is 3.06. The summed E-state index contributed by atoms with van der Waals surface area (Å²) >= 11 is 1.82. The number of aromatic nitrogens is 3. The third-order valence-corrected chi connectivity index (χ3v) is 5.83. The molecule has 5 nitrogen and oxygen atoms in total. The van der Waals surface area contributed by atoms with Gasteiger partial charge in [-0.15, -0.1) is 18.3 Å². The Hall–Kier alpha value is -1.37. The van der Waals surface area contributed by atoms with Gasteiger partial charge < -0.3 is 14.0 Å². The Bertz CT molecular complexity index is 742. The Morgan fingerprint density at radius 1 is 1.32 bits per heavy atom. The molecule has 0 radical (unpaired) electrons. The molecule has 4 atom stereocenters. The van der Waals surface area contributed by atoms with Crippen LogP contribution in [0.1, 0.15) is 24.9 Å². The first-order chi connectivity index (χ1) is 10.5. The lowest BCUT2D eigenvalue weighted by molar-refractivity contribution is -0.148. The highest BCUT2D eigenvalue weighted by Crippen LogP contribution is 2.51. The van der Waals surface area contributed by atoms with Gasteiger partial charge in [0, 0.05) is 11.6 Å². The molecule has 0 aromatic carbocycles. The van der Waals surface area contributed by atoms with Crippen molar-refractivity contribution in [1.82, 2.24) is 14.5 Å². The van der Waals surface area contributed by atoms with Crippen molar-refractivity contribution in [3.63, 3.8) is 0 Å². The van der Waals surface area contributed by atoms with Crippen molar-refractivity contribution in [2.75, 3.05) is 0 Å². The van der Waals surface area contributed by atoms with E-state index in [-0.39, 0.29) is 22.8 Å². The molecule has 6 heteroatoms. The van der Waals surface area contributed by atoms with Crippen LogP contribution in [0.3, 0.4) is 0 Å². The quantitative estimate of drug-likeness (QED) is 0.797. The number of fused-ring (bicyclic) bond motifs is 2. The molecule has 4 heterocycles. The van der Waals surface area contributed by atoms with Crippen LogP contribution in [0.2, 0.25) is 0 Å². The van der Waals surface area contributed by atoms with Crippen LogP contribution < -0.4 is 0 Å². The van der Waals surface area contributed by atoms with E-state index in [4.69, 9.17) is 9.47 Å². The summed E-state index contributed by atoms with van der Waals surface area (Å²) in [7, 11) is 0. The van der Waals surface area contributed by atoms with E-state index in [9.17, 15) is 0 Å². The van der Waals surface area contributed by atoms with Crippen LogP contribution in [0, 0.1) is 6.92 Å². The van der Waals surface area contributed by atoms with Gasteiger partial charge in [0.15, 0.2) is 5.79 Å². The number of hydrogen-bond acceptors (Lipinski definition) is 5. The molecule has 0 unspecified atom stereocenters. The van der Waals surface area contributed by atoms with Gasteiger partial charge in [0.2, 0.25) is 0 Å². The van der Waals surface area contributed by atoms with Crippen LogP contribution in [0.15, 0.2) is 31.2 Å². The molecule has 2 aliphatic rings. The number of nitrogens with zero attached hydrogens (tertiary/aromatic N) is 3. The molecule has 0 spiro atoms. The van der Waals surface area contributed by atoms with Crippen LogP contribution in [0.4, 0.5) is 0 Å². The lowest BCUT2D eigenvalue weighted by Crippen LogP contribution is -2.27. The van der Waals surface area contributed by atoms with E-state index in [0.717, 1.165) is 16.7 Å². The highest BCUT2D eigenvalue weighted by atomic mass is 32.2. The minimum atomic E-state index is -0.552. The van der Waals surface area contributed by atoms with Gasteiger partial charge in [-0.1, -0.05) is 6.08 Å². The SMILES string of the molecule is C=C[C@H]1S[C@@H](n2ccc3c(C)ncnc32)[C@@H]2OC(C)(C)O[C@@H]21. The normalized spacial score (nSPS) is 33.2. The van der Waals surface area contributed by atoms with Gasteiger partial charge in [-0.25, -0.2) is 9.97 Å². The van der Waals surface area contributed by atoms with Gasteiger partial charge in [-0.2, -0.15) is 0 Å².